The Bertz CT molecular complexity index is 667. The molecule has 0 saturated heterocycles. The van der Waals surface area contributed by atoms with Crippen molar-refractivity contribution in [3.63, 3.8) is 0 Å². The Balaban J connectivity index is 1.88. The van der Waals surface area contributed by atoms with E-state index in [0.29, 0.717) is 6.17 Å². The first kappa shape index (κ1) is 12.9. The van der Waals surface area contributed by atoms with Gasteiger partial charge in [0.25, 0.3) is 0 Å². The summed E-state index contributed by atoms with van der Waals surface area (Å²) in [7, 11) is 4.43. The molecular weight excluding hydrogens is 258 g/mol. The van der Waals surface area contributed by atoms with Crippen LogP contribution >= 0.6 is 0 Å². The van der Waals surface area contributed by atoms with Gasteiger partial charge in [0.2, 0.25) is 0 Å². The average Bonchev–Trinajstić information content (AvgIpc) is 2.63. The maximum atomic E-state index is 2.50. The number of hydrogen-bond donors (Lipinski definition) is 0. The van der Waals surface area contributed by atoms with E-state index in [0.717, 1.165) is 19.5 Å². The van der Waals surface area contributed by atoms with Crippen LogP contribution in [0.2, 0.25) is 0 Å². The second-order valence-electron chi connectivity index (χ2n) is 6.04. The van der Waals surface area contributed by atoms with Gasteiger partial charge in [-0.15, -0.1) is 0 Å². The molecule has 3 heteroatoms. The zero-order valence-corrected chi connectivity index (χ0v) is 12.7. The largest absolute Gasteiger partial charge is 0.354 e. The van der Waals surface area contributed by atoms with Crippen molar-refractivity contribution in [2.45, 2.75) is 19.1 Å². The van der Waals surface area contributed by atoms with Gasteiger partial charge in [-0.2, -0.15) is 0 Å². The molecule has 0 aliphatic carbocycles. The summed E-state index contributed by atoms with van der Waals surface area (Å²) in [6.45, 7) is 2.05. The van der Waals surface area contributed by atoms with Gasteiger partial charge in [-0.05, 0) is 29.2 Å². The van der Waals surface area contributed by atoms with Gasteiger partial charge >= 0.3 is 0 Å². The van der Waals surface area contributed by atoms with E-state index in [4.69, 9.17) is 0 Å². The van der Waals surface area contributed by atoms with Crippen LogP contribution in [0.3, 0.4) is 0 Å². The van der Waals surface area contributed by atoms with E-state index in [1.807, 2.05) is 0 Å². The van der Waals surface area contributed by atoms with Crippen LogP contribution in [0.5, 0.6) is 0 Å². The molecule has 2 aliphatic rings. The summed E-state index contributed by atoms with van der Waals surface area (Å²) in [5.41, 5.74) is 5.66. The Kier molecular flexibility index (Phi) is 2.98. The molecule has 0 unspecified atom stereocenters. The summed E-state index contributed by atoms with van der Waals surface area (Å²) in [4.78, 5) is 2.43. The number of nitrogens with zero attached hydrogens (tertiary/aromatic N) is 3. The van der Waals surface area contributed by atoms with Crippen LogP contribution in [0.4, 0.5) is 5.69 Å². The third kappa shape index (κ3) is 1.96. The molecule has 0 fully saturated rings. The Hall–Kier alpha value is -1.84. The van der Waals surface area contributed by atoms with E-state index in [2.05, 4.69) is 77.5 Å². The molecule has 0 aromatic heterocycles. The molecule has 2 aromatic carbocycles. The minimum absolute atomic E-state index is 0.295. The van der Waals surface area contributed by atoms with Gasteiger partial charge in [0.1, 0.15) is 6.17 Å². The molecule has 2 aliphatic heterocycles. The number of fused-ring (bicyclic) bond motifs is 4. The van der Waals surface area contributed by atoms with Crippen molar-refractivity contribution < 1.29 is 0 Å². The summed E-state index contributed by atoms with van der Waals surface area (Å²) in [5, 5.41) is 4.88. The second kappa shape index (κ2) is 4.86. The van der Waals surface area contributed by atoms with Gasteiger partial charge in [-0.1, -0.05) is 42.5 Å². The van der Waals surface area contributed by atoms with Gasteiger partial charge in [0.05, 0.1) is 0 Å². The minimum atomic E-state index is 0.295. The smallest absolute Gasteiger partial charge is 0.121 e. The fourth-order valence-corrected chi connectivity index (χ4v) is 3.76. The molecule has 108 valence electrons. The zero-order valence-electron chi connectivity index (χ0n) is 12.7. The van der Waals surface area contributed by atoms with Crippen molar-refractivity contribution in [1.82, 2.24) is 10.0 Å². The highest BCUT2D eigenvalue weighted by Gasteiger charge is 2.35. The molecule has 0 bridgehead atoms. The number of anilines is 1. The highest BCUT2D eigenvalue weighted by molar-refractivity contribution is 5.56. The molecule has 1 atom stereocenters. The highest BCUT2D eigenvalue weighted by atomic mass is 15.7. The summed E-state index contributed by atoms with van der Waals surface area (Å²) in [6.07, 6.45) is 1.42. The highest BCUT2D eigenvalue weighted by Crippen LogP contribution is 2.39. The lowest BCUT2D eigenvalue weighted by molar-refractivity contribution is -0.0486. The second-order valence-corrected chi connectivity index (χ2v) is 6.04. The molecular formula is C18H21N3. The van der Waals surface area contributed by atoms with Crippen LogP contribution in [0.15, 0.2) is 48.5 Å². The molecule has 3 nitrogen and oxygen atoms in total. The normalized spacial score (nSPS) is 22.2. The summed E-state index contributed by atoms with van der Waals surface area (Å²) < 4.78 is 0. The molecule has 0 radical (unpaired) electrons. The predicted octanol–water partition coefficient (Wildman–Crippen LogP) is 3.04. The van der Waals surface area contributed by atoms with Gasteiger partial charge in [0.15, 0.2) is 0 Å². The lowest BCUT2D eigenvalue weighted by Gasteiger charge is -2.44. The van der Waals surface area contributed by atoms with Crippen LogP contribution < -0.4 is 4.90 Å². The lowest BCUT2D eigenvalue weighted by atomic mass is 9.97. The molecule has 0 spiro atoms. The first-order chi connectivity index (χ1) is 10.3. The third-order valence-corrected chi connectivity index (χ3v) is 4.80. The molecule has 0 amide bonds. The van der Waals surface area contributed by atoms with Crippen molar-refractivity contribution >= 4 is 5.69 Å². The molecule has 2 aromatic rings. The van der Waals surface area contributed by atoms with E-state index in [9.17, 15) is 0 Å². The topological polar surface area (TPSA) is 9.72 Å². The van der Waals surface area contributed by atoms with E-state index in [1.165, 1.54) is 22.4 Å². The van der Waals surface area contributed by atoms with Gasteiger partial charge in [-0.25, -0.2) is 10.0 Å². The molecule has 2 heterocycles. The molecule has 0 N–H and O–H groups in total. The van der Waals surface area contributed by atoms with E-state index < -0.39 is 0 Å². The molecule has 21 heavy (non-hydrogen) atoms. The number of hydrazine groups is 1. The summed E-state index contributed by atoms with van der Waals surface area (Å²) >= 11 is 0. The average molecular weight is 279 g/mol. The number of rotatable bonds is 0. The Morgan fingerprint density at radius 1 is 0.905 bits per heavy atom. The predicted molar refractivity (Wildman–Crippen MR) is 85.9 cm³/mol. The fraction of sp³-hybridized carbons (Fsp3) is 0.333. The van der Waals surface area contributed by atoms with Crippen molar-refractivity contribution in [2.75, 3.05) is 25.5 Å². The quantitative estimate of drug-likeness (QED) is 0.734. The molecule has 0 saturated carbocycles. The van der Waals surface area contributed by atoms with Crippen LogP contribution in [0.25, 0.3) is 0 Å². The first-order valence-corrected chi connectivity index (χ1v) is 7.62. The number of para-hydroxylation sites is 1. The molecule has 4 rings (SSSR count). The van der Waals surface area contributed by atoms with Crippen LogP contribution in [0, 0.1) is 0 Å². The van der Waals surface area contributed by atoms with Gasteiger partial charge in [-0.3, -0.25) is 0 Å². The van der Waals surface area contributed by atoms with Crippen molar-refractivity contribution in [3.05, 3.63) is 65.2 Å². The first-order valence-electron chi connectivity index (χ1n) is 7.62. The third-order valence-electron chi connectivity index (χ3n) is 4.80. The van der Waals surface area contributed by atoms with Crippen LogP contribution in [-0.2, 0) is 13.0 Å². The number of benzene rings is 2. The van der Waals surface area contributed by atoms with Gasteiger partial charge in [0, 0.05) is 32.9 Å². The van der Waals surface area contributed by atoms with E-state index >= 15 is 0 Å². The van der Waals surface area contributed by atoms with Crippen LogP contribution in [-0.4, -0.2) is 30.7 Å². The Morgan fingerprint density at radius 2 is 1.62 bits per heavy atom. The maximum Gasteiger partial charge on any atom is 0.121 e. The van der Waals surface area contributed by atoms with Crippen LogP contribution in [0.1, 0.15) is 22.9 Å². The lowest BCUT2D eigenvalue weighted by Crippen LogP contribution is -2.49. The minimum Gasteiger partial charge on any atom is -0.354 e. The van der Waals surface area contributed by atoms with Gasteiger partial charge < -0.3 is 4.90 Å². The summed E-state index contributed by atoms with van der Waals surface area (Å²) in [6, 6.07) is 17.6. The van der Waals surface area contributed by atoms with Crippen molar-refractivity contribution in [1.29, 1.82) is 0 Å². The SMILES string of the molecule is CN1c2ccccc2CN(C)N2CCc3ccccc3[C@H]12. The van der Waals surface area contributed by atoms with E-state index in [-0.39, 0.29) is 0 Å². The Morgan fingerprint density at radius 3 is 2.48 bits per heavy atom. The van der Waals surface area contributed by atoms with Crippen molar-refractivity contribution in [3.8, 4) is 0 Å². The van der Waals surface area contributed by atoms with Crippen molar-refractivity contribution in [2.24, 2.45) is 0 Å². The summed E-state index contributed by atoms with van der Waals surface area (Å²) in [5.74, 6) is 0. The van der Waals surface area contributed by atoms with E-state index in [1.54, 1.807) is 0 Å². The zero-order chi connectivity index (χ0) is 14.4. The maximum absolute atomic E-state index is 2.50. The monoisotopic (exact) mass is 279 g/mol. The fourth-order valence-electron chi connectivity index (χ4n) is 3.76. The number of hydrogen-bond acceptors (Lipinski definition) is 3. The standard InChI is InChI=1S/C18H21N3/c1-19-13-15-8-4-6-10-17(15)20(2)18-16-9-5-3-7-14(16)11-12-21(18)19/h3-10,18H,11-13H2,1-2H3/t18-/m1/s1. The Labute approximate surface area is 126 Å².